The minimum atomic E-state index is -0.454. The second-order valence-corrected chi connectivity index (χ2v) is 5.52. The van der Waals surface area contributed by atoms with Crippen molar-refractivity contribution in [3.8, 4) is 5.75 Å². The molecule has 0 aliphatic carbocycles. The summed E-state index contributed by atoms with van der Waals surface area (Å²) >= 11 is 1.33. The lowest BCUT2D eigenvalue weighted by Gasteiger charge is -2.33. The predicted octanol–water partition coefficient (Wildman–Crippen LogP) is 2.31. The van der Waals surface area contributed by atoms with Gasteiger partial charge < -0.3 is 14.4 Å². The fourth-order valence-electron chi connectivity index (χ4n) is 2.34. The van der Waals surface area contributed by atoms with Gasteiger partial charge in [0, 0.05) is 18.0 Å². The van der Waals surface area contributed by atoms with Gasteiger partial charge in [0.1, 0.15) is 11.8 Å². The Kier molecular flexibility index (Phi) is 5.00. The van der Waals surface area contributed by atoms with Crippen LogP contribution in [0.1, 0.15) is 35.9 Å². The summed E-state index contributed by atoms with van der Waals surface area (Å²) in [7, 11) is 1.57. The first-order valence-corrected chi connectivity index (χ1v) is 7.65. The molecule has 0 saturated carbocycles. The summed E-state index contributed by atoms with van der Waals surface area (Å²) in [6, 6.07) is 1.26. The minimum Gasteiger partial charge on any atom is -0.496 e. The zero-order chi connectivity index (χ0) is 14.5. The van der Waals surface area contributed by atoms with Gasteiger partial charge in [-0.05, 0) is 26.2 Å². The third-order valence-electron chi connectivity index (χ3n) is 3.34. The van der Waals surface area contributed by atoms with E-state index in [2.05, 4.69) is 0 Å². The molecule has 1 atom stereocenters. The molecule has 1 aliphatic heterocycles. The number of ether oxygens (including phenoxy) is 2. The molecule has 2 heterocycles. The van der Waals surface area contributed by atoms with Gasteiger partial charge in [-0.3, -0.25) is 4.79 Å². The van der Waals surface area contributed by atoms with Crippen molar-refractivity contribution >= 4 is 23.2 Å². The van der Waals surface area contributed by atoms with Crippen LogP contribution in [-0.2, 0) is 9.53 Å². The van der Waals surface area contributed by atoms with Crippen molar-refractivity contribution < 1.29 is 19.1 Å². The lowest BCUT2D eigenvalue weighted by Crippen LogP contribution is -2.48. The molecular formula is C14H19NO4S. The molecule has 1 aliphatic rings. The Labute approximate surface area is 122 Å². The maximum Gasteiger partial charge on any atom is 0.328 e. The number of carbonyl (C=O) groups is 2. The van der Waals surface area contributed by atoms with Gasteiger partial charge in [-0.15, -0.1) is 11.3 Å². The van der Waals surface area contributed by atoms with Gasteiger partial charge in [0.2, 0.25) is 0 Å². The Hall–Kier alpha value is -1.56. The lowest BCUT2D eigenvalue weighted by molar-refractivity contribution is -0.149. The molecule has 1 amide bonds. The van der Waals surface area contributed by atoms with Crippen molar-refractivity contribution in [3.63, 3.8) is 0 Å². The maximum atomic E-state index is 12.5. The summed E-state index contributed by atoms with van der Waals surface area (Å²) in [6.45, 7) is 2.71. The number of amides is 1. The van der Waals surface area contributed by atoms with Gasteiger partial charge >= 0.3 is 5.97 Å². The number of esters is 1. The molecule has 1 saturated heterocycles. The van der Waals surface area contributed by atoms with Crippen LogP contribution in [0.15, 0.2) is 11.4 Å². The van der Waals surface area contributed by atoms with Crippen LogP contribution in [-0.4, -0.2) is 43.1 Å². The number of carbonyl (C=O) groups excluding carboxylic acids is 2. The van der Waals surface area contributed by atoms with Crippen molar-refractivity contribution in [3.05, 3.63) is 16.3 Å². The third kappa shape index (κ3) is 3.12. The van der Waals surface area contributed by atoms with Crippen LogP contribution < -0.4 is 4.74 Å². The van der Waals surface area contributed by atoms with Crippen LogP contribution in [0.5, 0.6) is 5.75 Å². The largest absolute Gasteiger partial charge is 0.496 e. The first kappa shape index (κ1) is 14.8. The van der Waals surface area contributed by atoms with E-state index in [-0.39, 0.29) is 11.9 Å². The van der Waals surface area contributed by atoms with Crippen LogP contribution in [0.25, 0.3) is 0 Å². The Morgan fingerprint density at radius 1 is 1.45 bits per heavy atom. The number of thiophene rings is 1. The summed E-state index contributed by atoms with van der Waals surface area (Å²) in [6.07, 6.45) is 2.54. The molecular weight excluding hydrogens is 278 g/mol. The quantitative estimate of drug-likeness (QED) is 0.800. The number of nitrogens with zero attached hydrogens (tertiary/aromatic N) is 1. The van der Waals surface area contributed by atoms with Crippen molar-refractivity contribution in [2.24, 2.45) is 0 Å². The summed E-state index contributed by atoms with van der Waals surface area (Å²) in [5, 5.41) is 1.79. The average Bonchev–Trinajstić information content (AvgIpc) is 2.95. The number of methoxy groups -OCH3 is 1. The van der Waals surface area contributed by atoms with E-state index in [1.165, 1.54) is 11.3 Å². The van der Waals surface area contributed by atoms with Crippen molar-refractivity contribution in [1.29, 1.82) is 0 Å². The van der Waals surface area contributed by atoms with Crippen molar-refractivity contribution in [1.82, 2.24) is 4.90 Å². The zero-order valence-electron chi connectivity index (χ0n) is 11.8. The van der Waals surface area contributed by atoms with Gasteiger partial charge in [-0.2, -0.15) is 0 Å². The first-order valence-electron chi connectivity index (χ1n) is 6.77. The van der Waals surface area contributed by atoms with Crippen LogP contribution in [0.4, 0.5) is 0 Å². The smallest absolute Gasteiger partial charge is 0.328 e. The van der Waals surface area contributed by atoms with E-state index in [9.17, 15) is 9.59 Å². The zero-order valence-corrected chi connectivity index (χ0v) is 12.6. The van der Waals surface area contributed by atoms with Crippen LogP contribution >= 0.6 is 11.3 Å². The second-order valence-electron chi connectivity index (χ2n) is 4.61. The molecule has 0 aromatic carbocycles. The standard InChI is InChI=1S/C14H19NO4S/c1-3-19-14(17)11-6-4-5-7-15(11)13(16)12-8-10(18-2)9-20-12/h8-9,11H,3-7H2,1-2H3. The molecule has 0 spiro atoms. The molecule has 0 N–H and O–H groups in total. The topological polar surface area (TPSA) is 55.8 Å². The molecule has 0 bridgehead atoms. The lowest BCUT2D eigenvalue weighted by atomic mass is 10.0. The SMILES string of the molecule is CCOC(=O)C1CCCCN1C(=O)c1cc(OC)cs1. The third-order valence-corrected chi connectivity index (χ3v) is 4.24. The Bertz CT molecular complexity index is 485. The van der Waals surface area contributed by atoms with Crippen LogP contribution in [0, 0.1) is 0 Å². The average molecular weight is 297 g/mol. The Morgan fingerprint density at radius 3 is 2.90 bits per heavy atom. The molecule has 2 rings (SSSR count). The highest BCUT2D eigenvalue weighted by Gasteiger charge is 2.34. The monoisotopic (exact) mass is 297 g/mol. The van der Waals surface area contributed by atoms with E-state index in [4.69, 9.17) is 9.47 Å². The van der Waals surface area contributed by atoms with Gasteiger partial charge in [0.15, 0.2) is 0 Å². The molecule has 20 heavy (non-hydrogen) atoms. The van der Waals surface area contributed by atoms with Gasteiger partial charge in [-0.25, -0.2) is 4.79 Å². The summed E-state index contributed by atoms with van der Waals surface area (Å²) in [4.78, 5) is 26.7. The van der Waals surface area contributed by atoms with Gasteiger partial charge in [0.25, 0.3) is 5.91 Å². The maximum absolute atomic E-state index is 12.5. The predicted molar refractivity (Wildman–Crippen MR) is 76.2 cm³/mol. The van der Waals surface area contributed by atoms with E-state index in [0.29, 0.717) is 30.2 Å². The van der Waals surface area contributed by atoms with E-state index in [1.54, 1.807) is 30.4 Å². The number of hydrogen-bond donors (Lipinski definition) is 0. The number of rotatable bonds is 4. The second kappa shape index (κ2) is 6.74. The highest BCUT2D eigenvalue weighted by molar-refractivity contribution is 7.12. The molecule has 1 aromatic heterocycles. The summed E-state index contributed by atoms with van der Waals surface area (Å²) in [5.41, 5.74) is 0. The first-order chi connectivity index (χ1) is 9.67. The highest BCUT2D eigenvalue weighted by Crippen LogP contribution is 2.26. The molecule has 1 unspecified atom stereocenters. The molecule has 0 radical (unpaired) electrons. The summed E-state index contributed by atoms with van der Waals surface area (Å²) < 4.78 is 10.2. The molecule has 5 nitrogen and oxygen atoms in total. The molecule has 1 fully saturated rings. The highest BCUT2D eigenvalue weighted by atomic mass is 32.1. The van der Waals surface area contributed by atoms with Crippen LogP contribution in [0.2, 0.25) is 0 Å². The van der Waals surface area contributed by atoms with Crippen molar-refractivity contribution in [2.75, 3.05) is 20.3 Å². The van der Waals surface area contributed by atoms with E-state index >= 15 is 0 Å². The Morgan fingerprint density at radius 2 is 2.25 bits per heavy atom. The number of likely N-dealkylation sites (tertiary alicyclic amines) is 1. The number of hydrogen-bond acceptors (Lipinski definition) is 5. The number of piperidine rings is 1. The summed E-state index contributed by atoms with van der Waals surface area (Å²) in [5.74, 6) is 0.253. The molecule has 1 aromatic rings. The van der Waals surface area contributed by atoms with E-state index < -0.39 is 6.04 Å². The van der Waals surface area contributed by atoms with E-state index in [1.807, 2.05) is 0 Å². The van der Waals surface area contributed by atoms with Crippen LogP contribution in [0.3, 0.4) is 0 Å². The van der Waals surface area contributed by atoms with Gasteiger partial charge in [0.05, 0.1) is 18.6 Å². The van der Waals surface area contributed by atoms with E-state index in [0.717, 1.165) is 12.8 Å². The fourth-order valence-corrected chi connectivity index (χ4v) is 3.15. The molecule has 110 valence electrons. The van der Waals surface area contributed by atoms with Gasteiger partial charge in [-0.1, -0.05) is 0 Å². The fraction of sp³-hybridized carbons (Fsp3) is 0.571. The normalized spacial score (nSPS) is 18.7. The van der Waals surface area contributed by atoms with Crippen molar-refractivity contribution in [2.45, 2.75) is 32.2 Å². The minimum absolute atomic E-state index is 0.115. The molecule has 6 heteroatoms. The Balaban J connectivity index is 2.14.